The van der Waals surface area contributed by atoms with Crippen molar-refractivity contribution >= 4 is 23.2 Å². The quantitative estimate of drug-likeness (QED) is 0.760. The minimum absolute atomic E-state index is 0.230. The predicted octanol–water partition coefficient (Wildman–Crippen LogP) is 3.99. The van der Waals surface area contributed by atoms with Gasteiger partial charge < -0.3 is 19.5 Å². The van der Waals surface area contributed by atoms with Crippen LogP contribution in [-0.4, -0.2) is 11.8 Å². The summed E-state index contributed by atoms with van der Waals surface area (Å²) in [6, 6.07) is 13.5. The molecular formula is C18H16N2O4. The number of aryl methyl sites for hydroxylation is 2. The molecule has 122 valence electrons. The maximum absolute atomic E-state index is 12.1. The van der Waals surface area contributed by atoms with E-state index in [2.05, 4.69) is 10.6 Å². The van der Waals surface area contributed by atoms with Gasteiger partial charge in [-0.25, -0.2) is 0 Å². The first-order chi connectivity index (χ1) is 11.5. The van der Waals surface area contributed by atoms with Crippen molar-refractivity contribution in [2.45, 2.75) is 13.8 Å². The summed E-state index contributed by atoms with van der Waals surface area (Å²) in [6.07, 6.45) is 0. The third-order valence-electron chi connectivity index (χ3n) is 3.31. The lowest BCUT2D eigenvalue weighted by Gasteiger charge is -2.07. The number of hydrogen-bond donors (Lipinski definition) is 2. The van der Waals surface area contributed by atoms with Crippen molar-refractivity contribution in [3.63, 3.8) is 0 Å². The second-order valence-corrected chi connectivity index (χ2v) is 5.31. The Hall–Kier alpha value is -3.28. The summed E-state index contributed by atoms with van der Waals surface area (Å²) in [5, 5.41) is 5.44. The summed E-state index contributed by atoms with van der Waals surface area (Å²) in [7, 11) is 0. The topological polar surface area (TPSA) is 84.5 Å². The number of nitrogens with one attached hydrogen (secondary N) is 2. The van der Waals surface area contributed by atoms with Crippen molar-refractivity contribution in [3.05, 3.63) is 71.6 Å². The van der Waals surface area contributed by atoms with Gasteiger partial charge in [-0.15, -0.1) is 0 Å². The van der Waals surface area contributed by atoms with E-state index in [4.69, 9.17) is 8.83 Å². The molecule has 2 aromatic heterocycles. The second-order valence-electron chi connectivity index (χ2n) is 5.31. The standard InChI is InChI=1S/C18H16N2O4/c1-11-6-8-15(23-11)17(21)19-13-4-3-5-14(10-13)20-18(22)16-9-7-12(2)24-16/h3-10H,1-2H3,(H,19,21)(H,20,22). The van der Waals surface area contributed by atoms with Crippen LogP contribution in [0.2, 0.25) is 0 Å². The Morgan fingerprint density at radius 1 is 0.750 bits per heavy atom. The maximum atomic E-state index is 12.1. The van der Waals surface area contributed by atoms with Gasteiger partial charge in [0.1, 0.15) is 11.5 Å². The first kappa shape index (κ1) is 15.6. The van der Waals surface area contributed by atoms with Crippen molar-refractivity contribution in [1.82, 2.24) is 0 Å². The van der Waals surface area contributed by atoms with E-state index < -0.39 is 0 Å². The van der Waals surface area contributed by atoms with Crippen molar-refractivity contribution in [1.29, 1.82) is 0 Å². The largest absolute Gasteiger partial charge is 0.456 e. The van der Waals surface area contributed by atoms with E-state index in [0.717, 1.165) is 0 Å². The lowest BCUT2D eigenvalue weighted by Crippen LogP contribution is -2.13. The highest BCUT2D eigenvalue weighted by Crippen LogP contribution is 2.18. The predicted molar refractivity (Wildman–Crippen MR) is 89.2 cm³/mol. The second kappa shape index (κ2) is 6.45. The molecule has 0 bridgehead atoms. The highest BCUT2D eigenvalue weighted by molar-refractivity contribution is 6.04. The van der Waals surface area contributed by atoms with Gasteiger partial charge in [-0.3, -0.25) is 9.59 Å². The Kier molecular flexibility index (Phi) is 4.20. The average Bonchev–Trinajstić information content (AvgIpc) is 3.16. The summed E-state index contributed by atoms with van der Waals surface area (Å²) in [5.74, 6) is 1.08. The lowest BCUT2D eigenvalue weighted by atomic mass is 10.2. The Balaban J connectivity index is 1.70. The molecule has 24 heavy (non-hydrogen) atoms. The zero-order valence-corrected chi connectivity index (χ0v) is 13.3. The van der Waals surface area contributed by atoms with E-state index in [1.165, 1.54) is 0 Å². The molecule has 6 nitrogen and oxygen atoms in total. The number of carbonyl (C=O) groups excluding carboxylic acids is 2. The highest BCUT2D eigenvalue weighted by atomic mass is 16.4. The van der Waals surface area contributed by atoms with Gasteiger partial charge in [0.2, 0.25) is 0 Å². The first-order valence-corrected chi connectivity index (χ1v) is 7.37. The monoisotopic (exact) mass is 324 g/mol. The Bertz CT molecular complexity index is 822. The molecule has 0 aliphatic rings. The van der Waals surface area contributed by atoms with Crippen LogP contribution in [-0.2, 0) is 0 Å². The molecule has 3 rings (SSSR count). The van der Waals surface area contributed by atoms with Gasteiger partial charge in [-0.1, -0.05) is 6.07 Å². The first-order valence-electron chi connectivity index (χ1n) is 7.37. The highest BCUT2D eigenvalue weighted by Gasteiger charge is 2.12. The third kappa shape index (κ3) is 3.55. The number of carbonyl (C=O) groups is 2. The molecule has 3 aromatic rings. The molecule has 6 heteroatoms. The molecule has 1 aromatic carbocycles. The number of anilines is 2. The van der Waals surface area contributed by atoms with Gasteiger partial charge in [0, 0.05) is 11.4 Å². The zero-order valence-electron chi connectivity index (χ0n) is 13.3. The number of hydrogen-bond acceptors (Lipinski definition) is 4. The molecule has 2 heterocycles. The zero-order chi connectivity index (χ0) is 17.1. The van der Waals surface area contributed by atoms with Gasteiger partial charge in [0.15, 0.2) is 11.5 Å². The van der Waals surface area contributed by atoms with Crippen LogP contribution in [0.4, 0.5) is 11.4 Å². The van der Waals surface area contributed by atoms with E-state index >= 15 is 0 Å². The fraction of sp³-hybridized carbons (Fsp3) is 0.111. The molecule has 0 saturated heterocycles. The van der Waals surface area contributed by atoms with Crippen LogP contribution in [0.1, 0.15) is 32.6 Å². The van der Waals surface area contributed by atoms with E-state index in [9.17, 15) is 9.59 Å². The fourth-order valence-electron chi connectivity index (χ4n) is 2.17. The molecule has 0 saturated carbocycles. The molecule has 0 unspecified atom stereocenters. The Morgan fingerprint density at radius 3 is 1.58 bits per heavy atom. The van der Waals surface area contributed by atoms with Crippen LogP contribution in [0.5, 0.6) is 0 Å². The summed E-state index contributed by atoms with van der Waals surface area (Å²) in [4.78, 5) is 24.2. The van der Waals surface area contributed by atoms with Gasteiger partial charge in [-0.2, -0.15) is 0 Å². The molecule has 0 fully saturated rings. The lowest BCUT2D eigenvalue weighted by molar-refractivity contribution is 0.0989. The van der Waals surface area contributed by atoms with Crippen LogP contribution in [0.25, 0.3) is 0 Å². The number of amides is 2. The maximum Gasteiger partial charge on any atom is 0.291 e. The normalized spacial score (nSPS) is 10.4. The Labute approximate surface area is 138 Å². The van der Waals surface area contributed by atoms with Crippen LogP contribution in [0, 0.1) is 13.8 Å². The SMILES string of the molecule is Cc1ccc(C(=O)Nc2cccc(NC(=O)c3ccc(C)o3)c2)o1. The molecule has 0 radical (unpaired) electrons. The molecule has 2 N–H and O–H groups in total. The van der Waals surface area contributed by atoms with E-state index in [0.29, 0.717) is 22.9 Å². The molecule has 0 aliphatic heterocycles. The van der Waals surface area contributed by atoms with Crippen LogP contribution < -0.4 is 10.6 Å². The number of rotatable bonds is 4. The van der Waals surface area contributed by atoms with E-state index in [1.54, 1.807) is 62.4 Å². The number of benzene rings is 1. The van der Waals surface area contributed by atoms with Crippen molar-refractivity contribution < 1.29 is 18.4 Å². The molecular weight excluding hydrogens is 308 g/mol. The van der Waals surface area contributed by atoms with Crippen LogP contribution in [0.3, 0.4) is 0 Å². The van der Waals surface area contributed by atoms with Crippen LogP contribution >= 0.6 is 0 Å². The van der Waals surface area contributed by atoms with E-state index in [1.807, 2.05) is 0 Å². The minimum Gasteiger partial charge on any atom is -0.456 e. The molecule has 0 spiro atoms. The smallest absolute Gasteiger partial charge is 0.291 e. The Morgan fingerprint density at radius 2 is 1.21 bits per heavy atom. The third-order valence-corrected chi connectivity index (χ3v) is 3.31. The van der Waals surface area contributed by atoms with Gasteiger partial charge in [0.25, 0.3) is 11.8 Å². The fourth-order valence-corrected chi connectivity index (χ4v) is 2.17. The van der Waals surface area contributed by atoms with Crippen LogP contribution in [0.15, 0.2) is 57.4 Å². The van der Waals surface area contributed by atoms with E-state index in [-0.39, 0.29) is 23.3 Å². The van der Waals surface area contributed by atoms with Gasteiger partial charge in [0.05, 0.1) is 0 Å². The summed E-state index contributed by atoms with van der Waals surface area (Å²) < 4.78 is 10.6. The molecule has 0 aliphatic carbocycles. The number of furan rings is 2. The minimum atomic E-state index is -0.353. The van der Waals surface area contributed by atoms with Gasteiger partial charge >= 0.3 is 0 Å². The molecule has 2 amide bonds. The van der Waals surface area contributed by atoms with Crippen molar-refractivity contribution in [2.24, 2.45) is 0 Å². The summed E-state index contributed by atoms with van der Waals surface area (Å²) >= 11 is 0. The van der Waals surface area contributed by atoms with Crippen molar-refractivity contribution in [2.75, 3.05) is 10.6 Å². The summed E-state index contributed by atoms with van der Waals surface area (Å²) in [5.41, 5.74) is 1.09. The summed E-state index contributed by atoms with van der Waals surface area (Å²) in [6.45, 7) is 3.53. The molecule has 0 atom stereocenters. The average molecular weight is 324 g/mol. The van der Waals surface area contributed by atoms with Crippen molar-refractivity contribution in [3.8, 4) is 0 Å². The van der Waals surface area contributed by atoms with Gasteiger partial charge in [-0.05, 0) is 56.3 Å².